The predicted molar refractivity (Wildman–Crippen MR) is 79.4 cm³/mol. The zero-order valence-corrected chi connectivity index (χ0v) is 12.4. The number of anilines is 1. The molecule has 3 rings (SSSR count). The molecule has 2 N–H and O–H groups in total. The number of carbonyl (C=O) groups excluding carboxylic acids is 1. The van der Waals surface area contributed by atoms with E-state index in [0.29, 0.717) is 28.6 Å². The number of nitrogens with zero attached hydrogens (tertiary/aromatic N) is 1. The summed E-state index contributed by atoms with van der Waals surface area (Å²) in [4.78, 5) is 14.3. The number of piperidine rings is 1. The van der Waals surface area contributed by atoms with Gasteiger partial charge in [0.05, 0.1) is 16.8 Å². The van der Waals surface area contributed by atoms with E-state index in [4.69, 9.17) is 23.2 Å². The largest absolute Gasteiger partial charge is 0.393 e. The zero-order chi connectivity index (χ0) is 14.3. The molecule has 108 valence electrons. The maximum Gasteiger partial charge on any atom is 0.322 e. The molecule has 2 amide bonds. The lowest BCUT2D eigenvalue weighted by molar-refractivity contribution is 0.0580. The van der Waals surface area contributed by atoms with Gasteiger partial charge in [-0.25, -0.2) is 4.79 Å². The number of urea groups is 1. The van der Waals surface area contributed by atoms with Crippen molar-refractivity contribution in [2.24, 2.45) is 0 Å². The van der Waals surface area contributed by atoms with Gasteiger partial charge in [-0.2, -0.15) is 0 Å². The van der Waals surface area contributed by atoms with Crippen molar-refractivity contribution in [1.82, 2.24) is 4.90 Å². The standard InChI is InChI=1S/C14H16Cl2N2O2/c15-8-1-4-12(16)13(5-8)17-14(20)18-9-2-3-10(18)7-11(19)6-9/h1,4-5,9-11,19H,2-3,6-7H2,(H,17,20). The first-order valence-corrected chi connectivity index (χ1v) is 7.52. The molecular weight excluding hydrogens is 299 g/mol. The third kappa shape index (κ3) is 2.60. The molecule has 2 atom stereocenters. The molecule has 0 aromatic heterocycles. The first kappa shape index (κ1) is 14.0. The SMILES string of the molecule is O=C(Nc1cc(Cl)ccc1Cl)N1C2CCC1CC(O)C2. The molecule has 2 bridgehead atoms. The van der Waals surface area contributed by atoms with E-state index in [1.54, 1.807) is 18.2 Å². The number of aliphatic hydroxyl groups excluding tert-OH is 1. The van der Waals surface area contributed by atoms with Crippen LogP contribution >= 0.6 is 23.2 Å². The highest BCUT2D eigenvalue weighted by Gasteiger charge is 2.42. The molecule has 6 heteroatoms. The average molecular weight is 315 g/mol. The van der Waals surface area contributed by atoms with Crippen LogP contribution in [-0.2, 0) is 0 Å². The molecule has 2 saturated heterocycles. The summed E-state index contributed by atoms with van der Waals surface area (Å²) in [5, 5.41) is 13.6. The smallest absolute Gasteiger partial charge is 0.322 e. The maximum atomic E-state index is 12.4. The molecule has 4 nitrogen and oxygen atoms in total. The molecular formula is C14H16Cl2N2O2. The predicted octanol–water partition coefficient (Wildman–Crippen LogP) is 3.51. The Hall–Kier alpha value is -0.970. The summed E-state index contributed by atoms with van der Waals surface area (Å²) in [5.41, 5.74) is 0.523. The van der Waals surface area contributed by atoms with E-state index in [1.807, 2.05) is 4.90 Å². The van der Waals surface area contributed by atoms with Gasteiger partial charge in [0.15, 0.2) is 0 Å². The second-order valence-corrected chi connectivity index (χ2v) is 6.32. The molecule has 0 radical (unpaired) electrons. The lowest BCUT2D eigenvalue weighted by Crippen LogP contribution is -2.49. The van der Waals surface area contributed by atoms with Gasteiger partial charge in [-0.3, -0.25) is 0 Å². The maximum absolute atomic E-state index is 12.4. The summed E-state index contributed by atoms with van der Waals surface area (Å²) >= 11 is 12.0. The van der Waals surface area contributed by atoms with E-state index in [1.165, 1.54) is 0 Å². The molecule has 0 saturated carbocycles. The van der Waals surface area contributed by atoms with Crippen molar-refractivity contribution in [3.8, 4) is 0 Å². The van der Waals surface area contributed by atoms with Crippen LogP contribution < -0.4 is 5.32 Å². The molecule has 2 fully saturated rings. The Balaban J connectivity index is 1.75. The van der Waals surface area contributed by atoms with Crippen molar-refractivity contribution in [3.63, 3.8) is 0 Å². The van der Waals surface area contributed by atoms with Crippen LogP contribution in [0.15, 0.2) is 18.2 Å². The van der Waals surface area contributed by atoms with Crippen LogP contribution in [0.2, 0.25) is 10.0 Å². The third-order valence-electron chi connectivity index (χ3n) is 4.11. The molecule has 2 aliphatic heterocycles. The molecule has 2 heterocycles. The highest BCUT2D eigenvalue weighted by Crippen LogP contribution is 2.36. The lowest BCUT2D eigenvalue weighted by atomic mass is 10.0. The van der Waals surface area contributed by atoms with Crippen LogP contribution in [0, 0.1) is 0 Å². The van der Waals surface area contributed by atoms with Gasteiger partial charge >= 0.3 is 6.03 Å². The van der Waals surface area contributed by atoms with E-state index in [9.17, 15) is 9.90 Å². The highest BCUT2D eigenvalue weighted by atomic mass is 35.5. The van der Waals surface area contributed by atoms with Gasteiger partial charge < -0.3 is 15.3 Å². The van der Waals surface area contributed by atoms with Crippen LogP contribution in [0.1, 0.15) is 25.7 Å². The summed E-state index contributed by atoms with van der Waals surface area (Å²) < 4.78 is 0. The second kappa shape index (κ2) is 5.43. The molecule has 0 spiro atoms. The number of amides is 2. The highest BCUT2D eigenvalue weighted by molar-refractivity contribution is 6.35. The van der Waals surface area contributed by atoms with Gasteiger partial charge in [-0.05, 0) is 43.9 Å². The van der Waals surface area contributed by atoms with Crippen molar-refractivity contribution in [2.45, 2.75) is 43.9 Å². The fourth-order valence-electron chi connectivity index (χ4n) is 3.25. The Morgan fingerprint density at radius 1 is 1.25 bits per heavy atom. The topological polar surface area (TPSA) is 52.6 Å². The first-order chi connectivity index (χ1) is 9.54. The number of fused-ring (bicyclic) bond motifs is 2. The molecule has 2 unspecified atom stereocenters. The number of rotatable bonds is 1. The van der Waals surface area contributed by atoms with E-state index in [-0.39, 0.29) is 24.2 Å². The minimum atomic E-state index is -0.286. The minimum Gasteiger partial charge on any atom is -0.393 e. The van der Waals surface area contributed by atoms with Gasteiger partial charge in [0.25, 0.3) is 0 Å². The van der Waals surface area contributed by atoms with Gasteiger partial charge in [-0.1, -0.05) is 23.2 Å². The summed E-state index contributed by atoms with van der Waals surface area (Å²) in [6.45, 7) is 0. The van der Waals surface area contributed by atoms with E-state index in [0.717, 1.165) is 12.8 Å². The molecule has 1 aromatic carbocycles. The van der Waals surface area contributed by atoms with E-state index < -0.39 is 0 Å². The normalized spacial score (nSPS) is 28.6. The van der Waals surface area contributed by atoms with Crippen molar-refractivity contribution in [1.29, 1.82) is 0 Å². The van der Waals surface area contributed by atoms with Crippen LogP contribution in [0.5, 0.6) is 0 Å². The quantitative estimate of drug-likeness (QED) is 0.833. The molecule has 2 aliphatic rings. The Kier molecular flexibility index (Phi) is 3.80. The van der Waals surface area contributed by atoms with Crippen LogP contribution in [0.25, 0.3) is 0 Å². The Morgan fingerprint density at radius 2 is 1.90 bits per heavy atom. The van der Waals surface area contributed by atoms with Crippen LogP contribution in [0.3, 0.4) is 0 Å². The van der Waals surface area contributed by atoms with Crippen molar-refractivity contribution < 1.29 is 9.90 Å². The van der Waals surface area contributed by atoms with Gasteiger partial charge in [0.1, 0.15) is 0 Å². The number of hydrogen-bond donors (Lipinski definition) is 2. The lowest BCUT2D eigenvalue weighted by Gasteiger charge is -2.37. The number of nitrogens with one attached hydrogen (secondary N) is 1. The molecule has 0 aliphatic carbocycles. The van der Waals surface area contributed by atoms with Crippen molar-refractivity contribution >= 4 is 34.9 Å². The van der Waals surface area contributed by atoms with Crippen molar-refractivity contribution in [2.75, 3.05) is 5.32 Å². The number of halogens is 2. The van der Waals surface area contributed by atoms with Crippen molar-refractivity contribution in [3.05, 3.63) is 28.2 Å². The van der Waals surface area contributed by atoms with E-state index >= 15 is 0 Å². The average Bonchev–Trinajstić information content (AvgIpc) is 2.66. The zero-order valence-electron chi connectivity index (χ0n) is 10.9. The number of aliphatic hydroxyl groups is 1. The molecule has 1 aromatic rings. The summed E-state index contributed by atoms with van der Waals surface area (Å²) in [6, 6.07) is 5.08. The number of carbonyl (C=O) groups is 1. The number of benzene rings is 1. The Bertz CT molecular complexity index is 524. The van der Waals surface area contributed by atoms with E-state index in [2.05, 4.69) is 5.32 Å². The summed E-state index contributed by atoms with van der Waals surface area (Å²) in [7, 11) is 0. The summed E-state index contributed by atoms with van der Waals surface area (Å²) in [5.74, 6) is 0. The fourth-order valence-corrected chi connectivity index (χ4v) is 3.59. The van der Waals surface area contributed by atoms with Gasteiger partial charge in [0.2, 0.25) is 0 Å². The molecule has 20 heavy (non-hydrogen) atoms. The summed E-state index contributed by atoms with van der Waals surface area (Å²) in [6.07, 6.45) is 2.95. The first-order valence-electron chi connectivity index (χ1n) is 6.77. The Labute approximate surface area is 127 Å². The van der Waals surface area contributed by atoms with Gasteiger partial charge in [-0.15, -0.1) is 0 Å². The minimum absolute atomic E-state index is 0.127. The van der Waals surface area contributed by atoms with Crippen LogP contribution in [-0.4, -0.2) is 34.2 Å². The second-order valence-electron chi connectivity index (χ2n) is 5.47. The fraction of sp³-hybridized carbons (Fsp3) is 0.500. The van der Waals surface area contributed by atoms with Crippen LogP contribution in [0.4, 0.5) is 10.5 Å². The third-order valence-corrected chi connectivity index (χ3v) is 4.68. The number of hydrogen-bond acceptors (Lipinski definition) is 2. The monoisotopic (exact) mass is 314 g/mol. The Morgan fingerprint density at radius 3 is 2.55 bits per heavy atom. The van der Waals surface area contributed by atoms with Gasteiger partial charge in [0, 0.05) is 17.1 Å².